The number of piperidine rings is 1. The first-order chi connectivity index (χ1) is 12.7. The van der Waals surface area contributed by atoms with Gasteiger partial charge in [-0.05, 0) is 43.0 Å². The fourth-order valence-corrected chi connectivity index (χ4v) is 3.37. The number of carbonyl (C=O) groups is 1. The summed E-state index contributed by atoms with van der Waals surface area (Å²) in [6.07, 6.45) is 4.59. The molecule has 0 bridgehead atoms. The summed E-state index contributed by atoms with van der Waals surface area (Å²) in [4.78, 5) is 14.4. The largest absolute Gasteiger partial charge is 0.493 e. The normalized spacial score (nSPS) is 17.0. The van der Waals surface area contributed by atoms with Crippen molar-refractivity contribution in [3.05, 3.63) is 41.7 Å². The third-order valence-electron chi connectivity index (χ3n) is 4.81. The molecule has 1 unspecified atom stereocenters. The van der Waals surface area contributed by atoms with E-state index in [2.05, 4.69) is 15.5 Å². The van der Waals surface area contributed by atoms with Crippen molar-refractivity contribution in [2.75, 3.05) is 33.9 Å². The summed E-state index contributed by atoms with van der Waals surface area (Å²) in [6, 6.07) is 7.80. The minimum Gasteiger partial charge on any atom is -0.493 e. The average molecular weight is 358 g/mol. The standard InChI is InChI=1S/C19H26N4O3/c1-25-17-6-5-14(12-18(17)26-2)7-9-20-19(24)23-11-3-4-15(13-23)16-8-10-21-22-16/h5-6,8,10,12,15H,3-4,7,9,11,13H2,1-2H3,(H,20,24)(H,21,22). The molecule has 1 aromatic heterocycles. The minimum atomic E-state index is -0.00491. The smallest absolute Gasteiger partial charge is 0.317 e. The summed E-state index contributed by atoms with van der Waals surface area (Å²) < 4.78 is 10.6. The average Bonchev–Trinajstić information content (AvgIpc) is 3.22. The van der Waals surface area contributed by atoms with E-state index in [0.717, 1.165) is 43.6 Å². The number of benzene rings is 1. The first kappa shape index (κ1) is 18.1. The molecule has 2 heterocycles. The van der Waals surface area contributed by atoms with Gasteiger partial charge in [0.1, 0.15) is 0 Å². The van der Waals surface area contributed by atoms with Crippen LogP contribution in [0, 0.1) is 0 Å². The summed E-state index contributed by atoms with van der Waals surface area (Å²) in [5, 5.41) is 10.1. The van der Waals surface area contributed by atoms with Crippen molar-refractivity contribution in [1.29, 1.82) is 0 Å². The number of rotatable bonds is 6. The molecule has 0 saturated carbocycles. The molecule has 0 radical (unpaired) electrons. The molecular formula is C19H26N4O3. The number of aromatic amines is 1. The Bertz CT molecular complexity index is 718. The van der Waals surface area contributed by atoms with Gasteiger partial charge in [-0.1, -0.05) is 6.07 Å². The Hall–Kier alpha value is -2.70. The molecule has 1 atom stereocenters. The van der Waals surface area contributed by atoms with Crippen LogP contribution in [-0.4, -0.2) is 55.0 Å². The summed E-state index contributed by atoms with van der Waals surface area (Å²) in [5.74, 6) is 1.75. The lowest BCUT2D eigenvalue weighted by Gasteiger charge is -2.32. The predicted octanol–water partition coefficient (Wildman–Crippen LogP) is 2.56. The topological polar surface area (TPSA) is 79.5 Å². The SMILES string of the molecule is COc1ccc(CCNC(=O)N2CCCC(c3ccn[nH]3)C2)cc1OC. The number of carbonyl (C=O) groups excluding carboxylic acids is 1. The molecule has 1 saturated heterocycles. The number of nitrogens with one attached hydrogen (secondary N) is 2. The second-order valence-electron chi connectivity index (χ2n) is 6.47. The monoisotopic (exact) mass is 358 g/mol. The van der Waals surface area contributed by atoms with Crippen LogP contribution in [0.15, 0.2) is 30.5 Å². The molecule has 7 nitrogen and oxygen atoms in total. The van der Waals surface area contributed by atoms with Crippen molar-refractivity contribution in [3.8, 4) is 11.5 Å². The summed E-state index contributed by atoms with van der Waals surface area (Å²) in [7, 11) is 3.24. The summed E-state index contributed by atoms with van der Waals surface area (Å²) in [6.45, 7) is 2.11. The van der Waals surface area contributed by atoms with E-state index < -0.39 is 0 Å². The fraction of sp³-hybridized carbons (Fsp3) is 0.474. The lowest BCUT2D eigenvalue weighted by Crippen LogP contribution is -2.45. The van der Waals surface area contributed by atoms with Crippen molar-refractivity contribution < 1.29 is 14.3 Å². The third-order valence-corrected chi connectivity index (χ3v) is 4.81. The van der Waals surface area contributed by atoms with E-state index in [1.165, 1.54) is 0 Å². The number of ether oxygens (including phenoxy) is 2. The Morgan fingerprint density at radius 2 is 2.15 bits per heavy atom. The molecule has 2 aromatic rings. The highest BCUT2D eigenvalue weighted by Gasteiger charge is 2.25. The van der Waals surface area contributed by atoms with Crippen LogP contribution in [0.5, 0.6) is 11.5 Å². The maximum absolute atomic E-state index is 12.5. The van der Waals surface area contributed by atoms with Crippen LogP contribution in [0.3, 0.4) is 0 Å². The molecule has 3 rings (SSSR count). The number of methoxy groups -OCH3 is 2. The quantitative estimate of drug-likeness (QED) is 0.832. The Kier molecular flexibility index (Phi) is 5.99. The molecule has 0 spiro atoms. The van der Waals surface area contributed by atoms with Crippen LogP contribution in [0.2, 0.25) is 0 Å². The van der Waals surface area contributed by atoms with Gasteiger partial charge in [0, 0.05) is 37.4 Å². The Morgan fingerprint density at radius 1 is 1.31 bits per heavy atom. The zero-order valence-corrected chi connectivity index (χ0v) is 15.3. The third kappa shape index (κ3) is 4.28. The molecule has 2 N–H and O–H groups in total. The van der Waals surface area contributed by atoms with Crippen LogP contribution in [-0.2, 0) is 6.42 Å². The molecule has 1 fully saturated rings. The van der Waals surface area contributed by atoms with E-state index in [-0.39, 0.29) is 6.03 Å². The van der Waals surface area contributed by atoms with Crippen molar-refractivity contribution in [2.24, 2.45) is 0 Å². The number of hydrogen-bond acceptors (Lipinski definition) is 4. The number of likely N-dealkylation sites (tertiary alicyclic amines) is 1. The number of amides is 2. The molecular weight excluding hydrogens is 332 g/mol. The number of aromatic nitrogens is 2. The Morgan fingerprint density at radius 3 is 2.88 bits per heavy atom. The second kappa shape index (κ2) is 8.60. The van der Waals surface area contributed by atoms with Gasteiger partial charge in [-0.15, -0.1) is 0 Å². The molecule has 1 aromatic carbocycles. The van der Waals surface area contributed by atoms with Gasteiger partial charge < -0.3 is 19.7 Å². The summed E-state index contributed by atoms with van der Waals surface area (Å²) in [5.41, 5.74) is 2.20. The van der Waals surface area contributed by atoms with Gasteiger partial charge in [0.15, 0.2) is 11.5 Å². The molecule has 2 amide bonds. The van der Waals surface area contributed by atoms with E-state index in [9.17, 15) is 4.79 Å². The van der Waals surface area contributed by atoms with Crippen LogP contribution in [0.4, 0.5) is 4.79 Å². The van der Waals surface area contributed by atoms with E-state index in [0.29, 0.717) is 24.0 Å². The van der Waals surface area contributed by atoms with E-state index in [4.69, 9.17) is 9.47 Å². The number of hydrogen-bond donors (Lipinski definition) is 2. The van der Waals surface area contributed by atoms with Gasteiger partial charge in [-0.2, -0.15) is 5.10 Å². The molecule has 0 aliphatic carbocycles. The van der Waals surface area contributed by atoms with Crippen LogP contribution in [0.1, 0.15) is 30.0 Å². The van der Waals surface area contributed by atoms with Crippen LogP contribution >= 0.6 is 0 Å². The van der Waals surface area contributed by atoms with Gasteiger partial charge >= 0.3 is 6.03 Å². The Balaban J connectivity index is 1.49. The second-order valence-corrected chi connectivity index (χ2v) is 6.47. The highest BCUT2D eigenvalue weighted by molar-refractivity contribution is 5.74. The number of nitrogens with zero attached hydrogens (tertiary/aromatic N) is 2. The molecule has 26 heavy (non-hydrogen) atoms. The molecule has 1 aliphatic heterocycles. The van der Waals surface area contributed by atoms with Gasteiger partial charge in [0.25, 0.3) is 0 Å². The highest BCUT2D eigenvalue weighted by atomic mass is 16.5. The van der Waals surface area contributed by atoms with Gasteiger partial charge in [-0.25, -0.2) is 4.79 Å². The predicted molar refractivity (Wildman–Crippen MR) is 98.8 cm³/mol. The molecule has 140 valence electrons. The lowest BCUT2D eigenvalue weighted by molar-refractivity contribution is 0.179. The van der Waals surface area contributed by atoms with Crippen molar-refractivity contribution in [2.45, 2.75) is 25.2 Å². The van der Waals surface area contributed by atoms with Crippen molar-refractivity contribution in [3.63, 3.8) is 0 Å². The van der Waals surface area contributed by atoms with Gasteiger partial charge in [0.2, 0.25) is 0 Å². The maximum atomic E-state index is 12.5. The van der Waals surface area contributed by atoms with Crippen molar-refractivity contribution >= 4 is 6.03 Å². The van der Waals surface area contributed by atoms with Gasteiger partial charge in [-0.3, -0.25) is 5.10 Å². The lowest BCUT2D eigenvalue weighted by atomic mass is 9.95. The van der Waals surface area contributed by atoms with E-state index >= 15 is 0 Å². The minimum absolute atomic E-state index is 0.00491. The fourth-order valence-electron chi connectivity index (χ4n) is 3.37. The van der Waals surface area contributed by atoms with E-state index in [1.54, 1.807) is 20.4 Å². The Labute approximate surface area is 153 Å². The highest BCUT2D eigenvalue weighted by Crippen LogP contribution is 2.28. The van der Waals surface area contributed by atoms with E-state index in [1.807, 2.05) is 29.2 Å². The first-order valence-electron chi connectivity index (χ1n) is 8.94. The summed E-state index contributed by atoms with van der Waals surface area (Å²) >= 11 is 0. The van der Waals surface area contributed by atoms with Gasteiger partial charge in [0.05, 0.1) is 14.2 Å². The number of urea groups is 1. The zero-order valence-electron chi connectivity index (χ0n) is 15.3. The zero-order chi connectivity index (χ0) is 18.4. The molecule has 1 aliphatic rings. The first-order valence-corrected chi connectivity index (χ1v) is 8.94. The van der Waals surface area contributed by atoms with Crippen molar-refractivity contribution in [1.82, 2.24) is 20.4 Å². The molecule has 7 heteroatoms. The number of H-pyrrole nitrogens is 1. The van der Waals surface area contributed by atoms with Crippen LogP contribution in [0.25, 0.3) is 0 Å². The van der Waals surface area contributed by atoms with Crippen LogP contribution < -0.4 is 14.8 Å². The maximum Gasteiger partial charge on any atom is 0.317 e.